The van der Waals surface area contributed by atoms with Crippen molar-refractivity contribution in [2.45, 2.75) is 13.5 Å². The van der Waals surface area contributed by atoms with Gasteiger partial charge in [0.2, 0.25) is 5.78 Å². The molecule has 0 bridgehead atoms. The van der Waals surface area contributed by atoms with Crippen molar-refractivity contribution in [1.29, 1.82) is 0 Å². The normalized spacial score (nSPS) is 10.3. The van der Waals surface area contributed by atoms with Gasteiger partial charge in [0.15, 0.2) is 5.82 Å². The number of carbonyl (C=O) groups is 1. The summed E-state index contributed by atoms with van der Waals surface area (Å²) in [6, 6.07) is 3.35. The lowest BCUT2D eigenvalue weighted by Crippen LogP contribution is -2.13. The monoisotopic (exact) mass is 216 g/mol. The van der Waals surface area contributed by atoms with E-state index >= 15 is 0 Å². The van der Waals surface area contributed by atoms with E-state index < -0.39 is 0 Å². The molecule has 2 rings (SSSR count). The number of pyridine rings is 1. The van der Waals surface area contributed by atoms with Crippen molar-refractivity contribution in [3.8, 4) is 0 Å². The molecule has 0 atom stereocenters. The Hall–Kier alpha value is -2.17. The molecule has 2 aromatic heterocycles. The van der Waals surface area contributed by atoms with Gasteiger partial charge in [0.05, 0.1) is 5.69 Å². The molecule has 0 radical (unpaired) electrons. The number of nitrogens with two attached hydrogens (primary N) is 1. The molecule has 5 heteroatoms. The molecule has 2 heterocycles. The number of hydrogen-bond acceptors (Lipinski definition) is 4. The van der Waals surface area contributed by atoms with E-state index in [4.69, 9.17) is 5.73 Å². The Bertz CT molecular complexity index is 518. The minimum Gasteiger partial charge on any atom is -0.397 e. The fraction of sp³-hybridized carbons (Fsp3) is 0.182. The highest BCUT2D eigenvalue weighted by Crippen LogP contribution is 2.12. The van der Waals surface area contributed by atoms with E-state index in [0.29, 0.717) is 18.1 Å². The number of aromatic nitrogens is 3. The van der Waals surface area contributed by atoms with Crippen LogP contribution in [0.3, 0.4) is 0 Å². The molecule has 2 N–H and O–H groups in total. The number of aryl methyl sites for hydroxylation is 1. The molecule has 0 spiro atoms. The van der Waals surface area contributed by atoms with E-state index in [2.05, 4.69) is 9.97 Å². The maximum Gasteiger partial charge on any atom is 0.248 e. The third kappa shape index (κ3) is 1.67. The summed E-state index contributed by atoms with van der Waals surface area (Å²) in [5.74, 6) is 0.123. The lowest BCUT2D eigenvalue weighted by Gasteiger charge is -2.04. The third-order valence-corrected chi connectivity index (χ3v) is 2.31. The second-order valence-electron chi connectivity index (χ2n) is 3.31. The summed E-state index contributed by atoms with van der Waals surface area (Å²) in [6.07, 6.45) is 4.89. The molecule has 0 saturated carbocycles. The number of rotatable bonds is 3. The molecule has 0 unspecified atom stereocenters. The van der Waals surface area contributed by atoms with Gasteiger partial charge >= 0.3 is 0 Å². The molecule has 0 aromatic carbocycles. The van der Waals surface area contributed by atoms with Crippen LogP contribution in [0.2, 0.25) is 0 Å². The average Bonchev–Trinajstić information content (AvgIpc) is 2.77. The minimum atomic E-state index is -0.245. The zero-order valence-corrected chi connectivity index (χ0v) is 8.92. The zero-order chi connectivity index (χ0) is 11.5. The predicted octanol–water partition coefficient (Wildman–Crippen LogP) is 1.11. The van der Waals surface area contributed by atoms with E-state index in [0.717, 1.165) is 0 Å². The third-order valence-electron chi connectivity index (χ3n) is 2.31. The van der Waals surface area contributed by atoms with Gasteiger partial charge in [-0.2, -0.15) is 0 Å². The molecule has 0 aliphatic heterocycles. The van der Waals surface area contributed by atoms with Crippen molar-refractivity contribution in [3.05, 3.63) is 42.2 Å². The first kappa shape index (κ1) is 10.4. The van der Waals surface area contributed by atoms with Crippen LogP contribution < -0.4 is 5.73 Å². The molecule has 0 aliphatic rings. The maximum atomic E-state index is 12.1. The largest absolute Gasteiger partial charge is 0.397 e. The maximum absolute atomic E-state index is 12.1. The van der Waals surface area contributed by atoms with Crippen molar-refractivity contribution in [2.24, 2.45) is 0 Å². The number of carbonyl (C=O) groups excluding carboxylic acids is 1. The number of nitrogen functional groups attached to an aromatic ring is 1. The van der Waals surface area contributed by atoms with Gasteiger partial charge in [0.1, 0.15) is 5.69 Å². The molecule has 0 amide bonds. The minimum absolute atomic E-state index is 0.245. The summed E-state index contributed by atoms with van der Waals surface area (Å²) in [6.45, 7) is 2.63. The van der Waals surface area contributed by atoms with Gasteiger partial charge in [0.25, 0.3) is 0 Å². The summed E-state index contributed by atoms with van der Waals surface area (Å²) in [5.41, 5.74) is 6.33. The van der Waals surface area contributed by atoms with Crippen LogP contribution in [0.5, 0.6) is 0 Å². The standard InChI is InChI=1S/C11H12N4O/c1-2-15-7-6-14-11(15)10(16)9-8(12)4-3-5-13-9/h3-7H,2,12H2,1H3. The Morgan fingerprint density at radius 2 is 2.25 bits per heavy atom. The van der Waals surface area contributed by atoms with E-state index in [-0.39, 0.29) is 11.5 Å². The Kier molecular flexibility index (Phi) is 2.68. The van der Waals surface area contributed by atoms with Crippen LogP contribution in [0.1, 0.15) is 23.2 Å². The average molecular weight is 216 g/mol. The van der Waals surface area contributed by atoms with Crippen LogP contribution in [0, 0.1) is 0 Å². The van der Waals surface area contributed by atoms with Crippen molar-refractivity contribution >= 4 is 11.5 Å². The lowest BCUT2D eigenvalue weighted by molar-refractivity contribution is 0.102. The SMILES string of the molecule is CCn1ccnc1C(=O)c1ncccc1N. The van der Waals surface area contributed by atoms with Gasteiger partial charge in [0, 0.05) is 25.1 Å². The number of nitrogens with zero attached hydrogens (tertiary/aromatic N) is 3. The summed E-state index contributed by atoms with van der Waals surface area (Å²) in [5, 5.41) is 0. The molecule has 0 aliphatic carbocycles. The molecule has 0 saturated heterocycles. The van der Waals surface area contributed by atoms with Gasteiger partial charge < -0.3 is 10.3 Å². The summed E-state index contributed by atoms with van der Waals surface area (Å²) in [4.78, 5) is 20.1. The first-order chi connectivity index (χ1) is 7.74. The quantitative estimate of drug-likeness (QED) is 0.780. The van der Waals surface area contributed by atoms with Gasteiger partial charge in [-0.25, -0.2) is 4.98 Å². The first-order valence-corrected chi connectivity index (χ1v) is 5.00. The Morgan fingerprint density at radius 3 is 2.94 bits per heavy atom. The van der Waals surface area contributed by atoms with Gasteiger partial charge in [-0.1, -0.05) is 0 Å². The fourth-order valence-corrected chi connectivity index (χ4v) is 1.49. The van der Waals surface area contributed by atoms with Crippen LogP contribution in [0.25, 0.3) is 0 Å². The first-order valence-electron chi connectivity index (χ1n) is 5.00. The molecule has 0 fully saturated rings. The molecular weight excluding hydrogens is 204 g/mol. The number of ketones is 1. The van der Waals surface area contributed by atoms with E-state index in [1.807, 2.05) is 6.92 Å². The molecule has 82 valence electrons. The fourth-order valence-electron chi connectivity index (χ4n) is 1.49. The number of imidazole rings is 1. The second-order valence-corrected chi connectivity index (χ2v) is 3.31. The van der Waals surface area contributed by atoms with Crippen LogP contribution in [0.4, 0.5) is 5.69 Å². The van der Waals surface area contributed by atoms with Crippen molar-refractivity contribution in [2.75, 3.05) is 5.73 Å². The molecule has 2 aromatic rings. The van der Waals surface area contributed by atoms with Crippen molar-refractivity contribution in [1.82, 2.24) is 14.5 Å². The van der Waals surface area contributed by atoms with Crippen LogP contribution in [0.15, 0.2) is 30.7 Å². The summed E-state index contributed by atoms with van der Waals surface area (Å²) >= 11 is 0. The van der Waals surface area contributed by atoms with E-state index in [1.54, 1.807) is 35.3 Å². The molecule has 5 nitrogen and oxygen atoms in total. The topological polar surface area (TPSA) is 73.8 Å². The Morgan fingerprint density at radius 1 is 1.44 bits per heavy atom. The van der Waals surface area contributed by atoms with Crippen LogP contribution >= 0.6 is 0 Å². The highest BCUT2D eigenvalue weighted by atomic mass is 16.1. The van der Waals surface area contributed by atoms with Gasteiger partial charge in [-0.3, -0.25) is 9.78 Å². The smallest absolute Gasteiger partial charge is 0.248 e. The van der Waals surface area contributed by atoms with Crippen LogP contribution in [-0.4, -0.2) is 20.3 Å². The Balaban J connectivity index is 2.44. The Labute approximate surface area is 92.9 Å². The highest BCUT2D eigenvalue weighted by molar-refractivity contribution is 6.08. The summed E-state index contributed by atoms with van der Waals surface area (Å²) < 4.78 is 1.76. The summed E-state index contributed by atoms with van der Waals surface area (Å²) in [7, 11) is 0. The van der Waals surface area contributed by atoms with E-state index in [9.17, 15) is 4.79 Å². The lowest BCUT2D eigenvalue weighted by atomic mass is 10.2. The number of hydrogen-bond donors (Lipinski definition) is 1. The van der Waals surface area contributed by atoms with Crippen LogP contribution in [-0.2, 0) is 6.54 Å². The highest BCUT2D eigenvalue weighted by Gasteiger charge is 2.17. The molecule has 16 heavy (non-hydrogen) atoms. The zero-order valence-electron chi connectivity index (χ0n) is 8.92. The van der Waals surface area contributed by atoms with Gasteiger partial charge in [-0.05, 0) is 19.1 Å². The van der Waals surface area contributed by atoms with Crippen molar-refractivity contribution in [3.63, 3.8) is 0 Å². The molecular formula is C11H12N4O. The van der Waals surface area contributed by atoms with Crippen molar-refractivity contribution < 1.29 is 4.79 Å². The second kappa shape index (κ2) is 4.14. The number of anilines is 1. The predicted molar refractivity (Wildman–Crippen MR) is 60.0 cm³/mol. The van der Waals surface area contributed by atoms with E-state index in [1.165, 1.54) is 0 Å². The van der Waals surface area contributed by atoms with Gasteiger partial charge in [-0.15, -0.1) is 0 Å².